The number of ether oxygens (including phenoxy) is 1. The van der Waals surface area contributed by atoms with Gasteiger partial charge in [-0.3, -0.25) is 15.1 Å². The first-order chi connectivity index (χ1) is 11.5. The van der Waals surface area contributed by atoms with E-state index in [2.05, 4.69) is 11.9 Å². The smallest absolute Gasteiger partial charge is 0.269 e. The molecule has 25 heavy (non-hydrogen) atoms. The van der Waals surface area contributed by atoms with Crippen LogP contribution >= 0.6 is 24.0 Å². The van der Waals surface area contributed by atoms with Crippen molar-refractivity contribution in [1.29, 1.82) is 0 Å². The quantitative estimate of drug-likeness (QED) is 0.219. The normalized spacial score (nSPS) is 16.9. The number of hydrogen-bond acceptors (Lipinski definition) is 5. The third-order valence-electron chi connectivity index (χ3n) is 4.06. The van der Waals surface area contributed by atoms with Gasteiger partial charge in [0.2, 0.25) is 0 Å². The molecule has 1 aliphatic rings. The van der Waals surface area contributed by atoms with E-state index in [0.717, 1.165) is 31.8 Å². The predicted octanol–water partition coefficient (Wildman–Crippen LogP) is 2.00. The highest BCUT2D eigenvalue weighted by Crippen LogP contribution is 2.17. The lowest BCUT2D eigenvalue weighted by Gasteiger charge is -2.31. The fourth-order valence-electron chi connectivity index (χ4n) is 2.45. The summed E-state index contributed by atoms with van der Waals surface area (Å²) < 4.78 is 5.40. The van der Waals surface area contributed by atoms with Crippen molar-refractivity contribution in [3.05, 3.63) is 34.4 Å². The fraction of sp³-hybridized carbons (Fsp3) is 0.562. The van der Waals surface area contributed by atoms with Gasteiger partial charge in [-0.15, -0.1) is 24.0 Å². The van der Waals surface area contributed by atoms with Crippen molar-refractivity contribution in [1.82, 2.24) is 4.90 Å². The number of benzene rings is 1. The number of likely N-dealkylation sites (tertiary alicyclic amines) is 1. The van der Waals surface area contributed by atoms with E-state index in [9.17, 15) is 15.2 Å². The Labute approximate surface area is 164 Å². The molecular formula is C16H25IN4O4. The molecule has 1 heterocycles. The maximum Gasteiger partial charge on any atom is 0.269 e. The zero-order chi connectivity index (χ0) is 17.5. The average molecular weight is 464 g/mol. The highest BCUT2D eigenvalue weighted by atomic mass is 127. The molecule has 9 heteroatoms. The molecular weight excluding hydrogens is 439 g/mol. The number of aliphatic imine (C=N–C) groups is 1. The van der Waals surface area contributed by atoms with Crippen LogP contribution in [0.5, 0.6) is 5.75 Å². The number of aliphatic hydroxyl groups excluding tert-OH is 1. The van der Waals surface area contributed by atoms with Gasteiger partial charge in [-0.2, -0.15) is 0 Å². The Morgan fingerprint density at radius 3 is 2.60 bits per heavy atom. The first-order valence-electron chi connectivity index (χ1n) is 8.06. The van der Waals surface area contributed by atoms with Crippen LogP contribution in [0.25, 0.3) is 0 Å². The Hall–Kier alpha value is -1.62. The van der Waals surface area contributed by atoms with Crippen LogP contribution in [0.4, 0.5) is 5.69 Å². The number of halogens is 1. The van der Waals surface area contributed by atoms with E-state index >= 15 is 0 Å². The Balaban J connectivity index is 0.00000312. The molecule has 0 bridgehead atoms. The highest BCUT2D eigenvalue weighted by molar-refractivity contribution is 14.0. The molecule has 3 N–H and O–H groups in total. The topological polar surface area (TPSA) is 114 Å². The Morgan fingerprint density at radius 1 is 1.44 bits per heavy atom. The minimum absolute atomic E-state index is 0. The standard InChI is InChI=1S/C16H24N4O4.HI/c1-12-6-8-19(9-7-12)16(17)18-10-14(21)11-24-15-4-2-13(3-5-15)20(22)23;/h2-5,12,14,21H,6-11H2,1H3,(H2,17,18);1H. The number of hydrogen-bond donors (Lipinski definition) is 2. The van der Waals surface area contributed by atoms with Gasteiger partial charge in [0.15, 0.2) is 5.96 Å². The van der Waals surface area contributed by atoms with Crippen molar-refractivity contribution >= 4 is 35.6 Å². The third-order valence-corrected chi connectivity index (χ3v) is 4.06. The van der Waals surface area contributed by atoms with Gasteiger partial charge in [-0.1, -0.05) is 6.92 Å². The van der Waals surface area contributed by atoms with E-state index in [1.165, 1.54) is 24.3 Å². The van der Waals surface area contributed by atoms with E-state index in [1.807, 2.05) is 4.90 Å². The van der Waals surface area contributed by atoms with Gasteiger partial charge in [0.25, 0.3) is 5.69 Å². The first kappa shape index (κ1) is 21.4. The highest BCUT2D eigenvalue weighted by Gasteiger charge is 2.17. The zero-order valence-electron chi connectivity index (χ0n) is 14.2. The van der Waals surface area contributed by atoms with Crippen molar-refractivity contribution in [2.45, 2.75) is 25.9 Å². The summed E-state index contributed by atoms with van der Waals surface area (Å²) in [6.07, 6.45) is 1.41. The van der Waals surface area contributed by atoms with Gasteiger partial charge in [0.1, 0.15) is 18.5 Å². The number of non-ortho nitro benzene ring substituents is 1. The molecule has 1 aromatic carbocycles. The van der Waals surface area contributed by atoms with E-state index in [4.69, 9.17) is 10.5 Å². The molecule has 2 rings (SSSR count). The summed E-state index contributed by atoms with van der Waals surface area (Å²) in [4.78, 5) is 16.4. The number of guanidine groups is 1. The lowest BCUT2D eigenvalue weighted by atomic mass is 10.00. The lowest BCUT2D eigenvalue weighted by Crippen LogP contribution is -2.43. The van der Waals surface area contributed by atoms with E-state index in [0.29, 0.717) is 11.7 Å². The molecule has 8 nitrogen and oxygen atoms in total. The third kappa shape index (κ3) is 7.02. The Kier molecular flexibility index (Phi) is 8.90. The number of nitro groups is 1. The second-order valence-electron chi connectivity index (χ2n) is 6.08. The molecule has 1 aliphatic heterocycles. The van der Waals surface area contributed by atoms with Gasteiger partial charge in [-0.25, -0.2) is 0 Å². The van der Waals surface area contributed by atoms with Gasteiger partial charge < -0.3 is 20.5 Å². The summed E-state index contributed by atoms with van der Waals surface area (Å²) in [7, 11) is 0. The summed E-state index contributed by atoms with van der Waals surface area (Å²) in [5, 5.41) is 20.5. The van der Waals surface area contributed by atoms with E-state index < -0.39 is 11.0 Å². The van der Waals surface area contributed by atoms with Gasteiger partial charge in [0, 0.05) is 25.2 Å². The molecule has 0 saturated carbocycles. The molecule has 0 radical (unpaired) electrons. The van der Waals surface area contributed by atoms with Crippen LogP contribution in [-0.2, 0) is 0 Å². The van der Waals surface area contributed by atoms with Gasteiger partial charge in [0.05, 0.1) is 11.5 Å². The van der Waals surface area contributed by atoms with Crippen LogP contribution in [0, 0.1) is 16.0 Å². The Morgan fingerprint density at radius 2 is 2.04 bits per heavy atom. The molecule has 0 aromatic heterocycles. The molecule has 140 valence electrons. The second-order valence-corrected chi connectivity index (χ2v) is 6.08. The Bertz CT molecular complexity index is 574. The SMILES string of the molecule is CC1CCN(C(N)=NCC(O)COc2ccc([N+](=O)[O-])cc2)CC1.I. The van der Waals surface area contributed by atoms with Crippen LogP contribution in [0.15, 0.2) is 29.3 Å². The molecule has 1 fully saturated rings. The summed E-state index contributed by atoms with van der Waals surface area (Å²) in [6, 6.07) is 5.71. The van der Waals surface area contributed by atoms with Crippen molar-refractivity contribution in [2.24, 2.45) is 16.6 Å². The number of aliphatic hydroxyl groups is 1. The number of nitro benzene ring substituents is 1. The summed E-state index contributed by atoms with van der Waals surface area (Å²) in [5.41, 5.74) is 5.95. The van der Waals surface area contributed by atoms with Gasteiger partial charge in [-0.05, 0) is 30.9 Å². The lowest BCUT2D eigenvalue weighted by molar-refractivity contribution is -0.384. The number of piperidine rings is 1. The molecule has 1 unspecified atom stereocenters. The summed E-state index contributed by atoms with van der Waals surface area (Å²) in [5.74, 6) is 1.63. The largest absolute Gasteiger partial charge is 0.491 e. The predicted molar refractivity (Wildman–Crippen MR) is 106 cm³/mol. The van der Waals surface area contributed by atoms with Crippen LogP contribution in [0.2, 0.25) is 0 Å². The minimum atomic E-state index is -0.789. The minimum Gasteiger partial charge on any atom is -0.491 e. The monoisotopic (exact) mass is 464 g/mol. The van der Waals surface area contributed by atoms with Crippen molar-refractivity contribution in [2.75, 3.05) is 26.2 Å². The van der Waals surface area contributed by atoms with Crippen molar-refractivity contribution < 1.29 is 14.8 Å². The van der Waals surface area contributed by atoms with Crippen LogP contribution in [-0.4, -0.2) is 53.2 Å². The molecule has 0 aliphatic carbocycles. The van der Waals surface area contributed by atoms with Crippen LogP contribution in [0.3, 0.4) is 0 Å². The number of nitrogens with zero attached hydrogens (tertiary/aromatic N) is 3. The first-order valence-corrected chi connectivity index (χ1v) is 8.06. The molecule has 1 atom stereocenters. The number of nitrogens with two attached hydrogens (primary N) is 1. The maximum absolute atomic E-state index is 10.6. The van der Waals surface area contributed by atoms with Crippen LogP contribution in [0.1, 0.15) is 19.8 Å². The molecule has 1 saturated heterocycles. The average Bonchev–Trinajstić information content (AvgIpc) is 2.58. The second kappa shape index (κ2) is 10.4. The van der Waals surface area contributed by atoms with E-state index in [-0.39, 0.29) is 42.8 Å². The molecule has 1 aromatic rings. The van der Waals surface area contributed by atoms with Crippen molar-refractivity contribution in [3.8, 4) is 5.75 Å². The van der Waals surface area contributed by atoms with Crippen molar-refractivity contribution in [3.63, 3.8) is 0 Å². The summed E-state index contributed by atoms with van der Waals surface area (Å²) in [6.45, 7) is 4.22. The maximum atomic E-state index is 10.6. The van der Waals surface area contributed by atoms with Crippen LogP contribution < -0.4 is 10.5 Å². The van der Waals surface area contributed by atoms with Gasteiger partial charge >= 0.3 is 0 Å². The van der Waals surface area contributed by atoms with E-state index in [1.54, 1.807) is 0 Å². The molecule has 0 amide bonds. The fourth-order valence-corrected chi connectivity index (χ4v) is 2.45. The zero-order valence-corrected chi connectivity index (χ0v) is 16.5. The summed E-state index contributed by atoms with van der Waals surface area (Å²) >= 11 is 0. The number of rotatable bonds is 6. The molecule has 0 spiro atoms.